The number of amides is 1. The molecule has 5 nitrogen and oxygen atoms in total. The van der Waals surface area contributed by atoms with Crippen LogP contribution in [-0.2, 0) is 13.0 Å². The van der Waals surface area contributed by atoms with Crippen LogP contribution < -0.4 is 10.6 Å². The number of H-pyrrole nitrogens is 1. The van der Waals surface area contributed by atoms with Gasteiger partial charge in [-0.1, -0.05) is 33.1 Å². The number of nitrogens with one attached hydrogen (secondary N) is 3. The van der Waals surface area contributed by atoms with E-state index in [9.17, 15) is 4.79 Å². The van der Waals surface area contributed by atoms with Crippen molar-refractivity contribution in [2.75, 3.05) is 6.54 Å². The normalized spacial score (nSPS) is 15.7. The predicted octanol–water partition coefficient (Wildman–Crippen LogP) is 2.14. The second kappa shape index (κ2) is 7.43. The smallest absolute Gasteiger partial charge is 0.272 e. The Kier molecular flexibility index (Phi) is 5.59. The zero-order valence-electron chi connectivity index (χ0n) is 12.6. The van der Waals surface area contributed by atoms with Crippen LogP contribution in [0, 0.1) is 0 Å². The summed E-state index contributed by atoms with van der Waals surface area (Å²) in [5.74, 6) is -0.0271. The molecule has 112 valence electrons. The third-order valence-corrected chi connectivity index (χ3v) is 3.90. The Hall–Kier alpha value is -1.36. The van der Waals surface area contributed by atoms with Gasteiger partial charge in [-0.25, -0.2) is 0 Å². The Morgan fingerprint density at radius 2 is 2.20 bits per heavy atom. The average molecular weight is 278 g/mol. The maximum Gasteiger partial charge on any atom is 0.272 e. The van der Waals surface area contributed by atoms with Gasteiger partial charge in [0.2, 0.25) is 0 Å². The number of rotatable bonds is 7. The van der Waals surface area contributed by atoms with Gasteiger partial charge >= 0.3 is 0 Å². The van der Waals surface area contributed by atoms with Gasteiger partial charge in [-0.15, -0.1) is 0 Å². The van der Waals surface area contributed by atoms with Gasteiger partial charge in [0.05, 0.1) is 0 Å². The van der Waals surface area contributed by atoms with Gasteiger partial charge in [0.25, 0.3) is 5.91 Å². The summed E-state index contributed by atoms with van der Waals surface area (Å²) in [7, 11) is 0. The van der Waals surface area contributed by atoms with Crippen molar-refractivity contribution in [1.29, 1.82) is 0 Å². The van der Waals surface area contributed by atoms with Crippen LogP contribution in [0.5, 0.6) is 0 Å². The summed E-state index contributed by atoms with van der Waals surface area (Å²) >= 11 is 0. The highest BCUT2D eigenvalue weighted by Gasteiger charge is 2.22. The summed E-state index contributed by atoms with van der Waals surface area (Å²) in [4.78, 5) is 12.4. The van der Waals surface area contributed by atoms with E-state index in [-0.39, 0.29) is 11.9 Å². The van der Waals surface area contributed by atoms with Gasteiger partial charge in [-0.2, -0.15) is 5.10 Å². The van der Waals surface area contributed by atoms with Crippen molar-refractivity contribution in [2.24, 2.45) is 0 Å². The number of nitrogens with zero attached hydrogens (tertiary/aromatic N) is 1. The highest BCUT2D eigenvalue weighted by Crippen LogP contribution is 2.16. The minimum atomic E-state index is -0.0271. The first-order valence-electron chi connectivity index (χ1n) is 7.83. The molecule has 5 heteroatoms. The maximum atomic E-state index is 12.4. The molecule has 1 aliphatic rings. The number of aromatic nitrogens is 2. The maximum absolute atomic E-state index is 12.4. The fourth-order valence-electron chi connectivity index (χ4n) is 2.75. The van der Waals surface area contributed by atoms with E-state index in [4.69, 9.17) is 0 Å². The summed E-state index contributed by atoms with van der Waals surface area (Å²) in [6.07, 6.45) is 6.43. The van der Waals surface area contributed by atoms with Crippen molar-refractivity contribution in [3.63, 3.8) is 0 Å². The summed E-state index contributed by atoms with van der Waals surface area (Å²) in [5.41, 5.74) is 2.72. The van der Waals surface area contributed by atoms with E-state index in [1.54, 1.807) is 0 Å². The Balaban J connectivity index is 2.00. The SMILES string of the molecule is CCCCC(CCC)NC(=O)c1n[nH]c2c1CNCC2. The van der Waals surface area contributed by atoms with E-state index in [0.717, 1.165) is 62.9 Å². The van der Waals surface area contributed by atoms with Crippen molar-refractivity contribution in [3.05, 3.63) is 17.0 Å². The van der Waals surface area contributed by atoms with Crippen LogP contribution in [-0.4, -0.2) is 28.7 Å². The molecule has 2 rings (SSSR count). The zero-order valence-corrected chi connectivity index (χ0v) is 12.6. The standard InChI is InChI=1S/C15H26N4O/c1-3-5-7-11(6-4-2)17-15(20)14-12-10-16-9-8-13(12)18-19-14/h11,16H,3-10H2,1-2H3,(H,17,20)(H,18,19). The van der Waals surface area contributed by atoms with Gasteiger partial charge in [-0.3, -0.25) is 9.89 Å². The molecular formula is C15H26N4O. The van der Waals surface area contributed by atoms with Gasteiger partial charge in [0.15, 0.2) is 5.69 Å². The van der Waals surface area contributed by atoms with Crippen molar-refractivity contribution < 1.29 is 4.79 Å². The number of fused-ring (bicyclic) bond motifs is 1. The highest BCUT2D eigenvalue weighted by molar-refractivity contribution is 5.94. The number of carbonyl (C=O) groups is 1. The third kappa shape index (κ3) is 3.60. The lowest BCUT2D eigenvalue weighted by atomic mass is 10.0. The van der Waals surface area contributed by atoms with E-state index in [1.807, 2.05) is 0 Å². The van der Waals surface area contributed by atoms with Gasteiger partial charge < -0.3 is 10.6 Å². The van der Waals surface area contributed by atoms with Crippen LogP contribution in [0.3, 0.4) is 0 Å². The molecule has 1 unspecified atom stereocenters. The first kappa shape index (κ1) is 15.0. The monoisotopic (exact) mass is 278 g/mol. The molecule has 1 aromatic rings. The Labute approximate surface area is 120 Å². The predicted molar refractivity (Wildman–Crippen MR) is 79.7 cm³/mol. The number of carbonyl (C=O) groups excluding carboxylic acids is 1. The summed E-state index contributed by atoms with van der Waals surface area (Å²) in [6, 6.07) is 0.274. The number of aromatic amines is 1. The summed E-state index contributed by atoms with van der Waals surface area (Å²) < 4.78 is 0. The van der Waals surface area contributed by atoms with Crippen LogP contribution in [0.15, 0.2) is 0 Å². The zero-order chi connectivity index (χ0) is 14.4. The molecule has 1 atom stereocenters. The molecule has 1 aromatic heterocycles. The molecule has 1 aliphatic heterocycles. The average Bonchev–Trinajstić information content (AvgIpc) is 2.89. The number of hydrogen-bond donors (Lipinski definition) is 3. The van der Waals surface area contributed by atoms with Crippen molar-refractivity contribution >= 4 is 5.91 Å². The van der Waals surface area contributed by atoms with Crippen LogP contribution >= 0.6 is 0 Å². The minimum Gasteiger partial charge on any atom is -0.348 e. The molecule has 0 spiro atoms. The molecule has 0 radical (unpaired) electrons. The van der Waals surface area contributed by atoms with Gasteiger partial charge in [0, 0.05) is 36.8 Å². The van der Waals surface area contributed by atoms with Crippen LogP contribution in [0.1, 0.15) is 67.7 Å². The molecule has 0 saturated heterocycles. The van der Waals surface area contributed by atoms with Crippen LogP contribution in [0.4, 0.5) is 0 Å². The van der Waals surface area contributed by atoms with E-state index < -0.39 is 0 Å². The molecule has 0 aliphatic carbocycles. The van der Waals surface area contributed by atoms with E-state index in [1.165, 1.54) is 0 Å². The lowest BCUT2D eigenvalue weighted by Crippen LogP contribution is -2.36. The fraction of sp³-hybridized carbons (Fsp3) is 0.733. The lowest BCUT2D eigenvalue weighted by molar-refractivity contribution is 0.0926. The van der Waals surface area contributed by atoms with Crippen molar-refractivity contribution in [1.82, 2.24) is 20.8 Å². The topological polar surface area (TPSA) is 69.8 Å². The lowest BCUT2D eigenvalue weighted by Gasteiger charge is -2.18. The molecule has 20 heavy (non-hydrogen) atoms. The Bertz CT molecular complexity index is 441. The largest absolute Gasteiger partial charge is 0.348 e. The quantitative estimate of drug-likeness (QED) is 0.715. The summed E-state index contributed by atoms with van der Waals surface area (Å²) in [5, 5.41) is 13.7. The summed E-state index contributed by atoms with van der Waals surface area (Å²) in [6.45, 7) is 6.03. The fourth-order valence-corrected chi connectivity index (χ4v) is 2.75. The van der Waals surface area contributed by atoms with E-state index >= 15 is 0 Å². The Morgan fingerprint density at radius 3 is 2.95 bits per heavy atom. The highest BCUT2D eigenvalue weighted by atomic mass is 16.2. The van der Waals surface area contributed by atoms with E-state index in [2.05, 4.69) is 34.7 Å². The molecule has 0 bridgehead atoms. The molecule has 0 aromatic carbocycles. The van der Waals surface area contributed by atoms with Crippen LogP contribution in [0.2, 0.25) is 0 Å². The van der Waals surface area contributed by atoms with E-state index in [0.29, 0.717) is 5.69 Å². The molecular weight excluding hydrogens is 252 g/mol. The van der Waals surface area contributed by atoms with Crippen LogP contribution in [0.25, 0.3) is 0 Å². The molecule has 2 heterocycles. The third-order valence-electron chi connectivity index (χ3n) is 3.90. The second-order valence-corrected chi connectivity index (χ2v) is 5.56. The first-order valence-corrected chi connectivity index (χ1v) is 7.83. The number of unbranched alkanes of at least 4 members (excludes halogenated alkanes) is 1. The molecule has 3 N–H and O–H groups in total. The van der Waals surface area contributed by atoms with Gasteiger partial charge in [0.1, 0.15) is 0 Å². The van der Waals surface area contributed by atoms with Crippen molar-refractivity contribution in [3.8, 4) is 0 Å². The molecule has 0 fully saturated rings. The second-order valence-electron chi connectivity index (χ2n) is 5.56. The molecule has 0 saturated carbocycles. The molecule has 1 amide bonds. The Morgan fingerprint density at radius 1 is 1.35 bits per heavy atom. The van der Waals surface area contributed by atoms with Crippen molar-refractivity contribution in [2.45, 2.75) is 65.0 Å². The minimum absolute atomic E-state index is 0.0271. The first-order chi connectivity index (χ1) is 9.76. The number of hydrogen-bond acceptors (Lipinski definition) is 3. The van der Waals surface area contributed by atoms with Gasteiger partial charge in [-0.05, 0) is 12.8 Å².